The third-order valence-electron chi connectivity index (χ3n) is 2.87. The molecule has 0 radical (unpaired) electrons. The van der Waals surface area contributed by atoms with Crippen LogP contribution >= 0.6 is 0 Å². The molecule has 0 aromatic rings. The van der Waals surface area contributed by atoms with Gasteiger partial charge in [-0.3, -0.25) is 14.4 Å². The van der Waals surface area contributed by atoms with Crippen LogP contribution in [0.2, 0.25) is 0 Å². The predicted molar refractivity (Wildman–Crippen MR) is 61.4 cm³/mol. The van der Waals surface area contributed by atoms with Gasteiger partial charge in [-0.05, 0) is 0 Å². The highest BCUT2D eigenvalue weighted by molar-refractivity contribution is 5.82. The molecule has 2 saturated heterocycles. The maximum absolute atomic E-state index is 11.7. The highest BCUT2D eigenvalue weighted by Crippen LogP contribution is 2.35. The van der Waals surface area contributed by atoms with E-state index in [0.717, 1.165) is 20.8 Å². The first-order valence-electron chi connectivity index (χ1n) is 6.17. The molecule has 21 heavy (non-hydrogen) atoms. The molecule has 2 aliphatic heterocycles. The van der Waals surface area contributed by atoms with E-state index in [4.69, 9.17) is 23.7 Å². The zero-order valence-corrected chi connectivity index (χ0v) is 11.6. The van der Waals surface area contributed by atoms with Gasteiger partial charge in [0, 0.05) is 20.8 Å². The maximum atomic E-state index is 11.7. The maximum Gasteiger partial charge on any atom is 0.350 e. The largest absolute Gasteiger partial charge is 0.452 e. The Morgan fingerprint density at radius 1 is 0.905 bits per heavy atom. The molecule has 0 bridgehead atoms. The first kappa shape index (κ1) is 15.2. The third kappa shape index (κ3) is 3.13. The van der Waals surface area contributed by atoms with Crippen LogP contribution in [0, 0.1) is 0 Å². The first-order chi connectivity index (χ1) is 9.79. The second-order valence-electron chi connectivity index (χ2n) is 4.58. The van der Waals surface area contributed by atoms with E-state index < -0.39 is 54.6 Å². The number of esters is 4. The number of carbonyl (C=O) groups excluding carboxylic acids is 4. The van der Waals surface area contributed by atoms with Crippen LogP contribution in [0.5, 0.6) is 0 Å². The van der Waals surface area contributed by atoms with Crippen molar-refractivity contribution >= 4 is 23.9 Å². The Balaban J connectivity index is 2.19. The van der Waals surface area contributed by atoms with Crippen LogP contribution in [0.4, 0.5) is 0 Å². The van der Waals surface area contributed by atoms with E-state index in [9.17, 15) is 19.2 Å². The summed E-state index contributed by atoms with van der Waals surface area (Å²) in [6.07, 6.45) is -5.63. The molecule has 0 aliphatic carbocycles. The quantitative estimate of drug-likeness (QED) is 0.481. The fraction of sp³-hybridized carbons (Fsp3) is 0.667. The molecule has 0 aromatic heterocycles. The van der Waals surface area contributed by atoms with Crippen molar-refractivity contribution in [1.29, 1.82) is 0 Å². The lowest BCUT2D eigenvalue weighted by Crippen LogP contribution is -2.38. The summed E-state index contributed by atoms with van der Waals surface area (Å²) in [6.45, 7) is 3.43. The molecular weight excluding hydrogens is 288 g/mol. The standard InChI is InChI=1S/C12H14O9/c1-4(13)17-9-7-8(20-11(9)16)10(18-5(2)14)12(21-7)19-6(3)15/h7-10,12H,1-3H3/t7-,8+,9-,10+,12-/m0/s1. The smallest absolute Gasteiger partial charge is 0.350 e. The van der Waals surface area contributed by atoms with E-state index in [2.05, 4.69) is 0 Å². The summed E-state index contributed by atoms with van der Waals surface area (Å²) < 4.78 is 25.1. The Morgan fingerprint density at radius 3 is 2.00 bits per heavy atom. The summed E-state index contributed by atoms with van der Waals surface area (Å²) in [5.41, 5.74) is 0. The van der Waals surface area contributed by atoms with Gasteiger partial charge in [-0.25, -0.2) is 4.79 Å². The molecule has 116 valence electrons. The summed E-state index contributed by atoms with van der Waals surface area (Å²) in [4.78, 5) is 44.8. The zero-order valence-electron chi connectivity index (χ0n) is 11.6. The van der Waals surface area contributed by atoms with Crippen LogP contribution in [0.3, 0.4) is 0 Å². The summed E-state index contributed by atoms with van der Waals surface area (Å²) in [5.74, 6) is -2.82. The zero-order chi connectivity index (χ0) is 15.7. The molecule has 2 rings (SSSR count). The number of rotatable bonds is 3. The molecule has 2 aliphatic rings. The van der Waals surface area contributed by atoms with Gasteiger partial charge in [0.25, 0.3) is 0 Å². The Bertz CT molecular complexity index is 485. The molecule has 2 heterocycles. The molecule has 0 N–H and O–H groups in total. The minimum Gasteiger partial charge on any atom is -0.452 e. The average molecular weight is 302 g/mol. The Morgan fingerprint density at radius 2 is 1.48 bits per heavy atom. The van der Waals surface area contributed by atoms with Gasteiger partial charge < -0.3 is 23.7 Å². The number of carbonyl (C=O) groups is 4. The fourth-order valence-corrected chi connectivity index (χ4v) is 2.23. The van der Waals surface area contributed by atoms with Crippen LogP contribution in [-0.4, -0.2) is 54.6 Å². The normalized spacial score (nSPS) is 33.9. The van der Waals surface area contributed by atoms with Crippen LogP contribution in [0.15, 0.2) is 0 Å². The summed E-state index contributed by atoms with van der Waals surface area (Å²) >= 11 is 0. The van der Waals surface area contributed by atoms with E-state index in [1.54, 1.807) is 0 Å². The first-order valence-corrected chi connectivity index (χ1v) is 6.17. The van der Waals surface area contributed by atoms with Crippen molar-refractivity contribution in [1.82, 2.24) is 0 Å². The number of hydrogen-bond acceptors (Lipinski definition) is 9. The average Bonchev–Trinajstić information content (AvgIpc) is 2.78. The van der Waals surface area contributed by atoms with Crippen LogP contribution < -0.4 is 0 Å². The van der Waals surface area contributed by atoms with Gasteiger partial charge in [-0.2, -0.15) is 0 Å². The van der Waals surface area contributed by atoms with Crippen LogP contribution in [0.25, 0.3) is 0 Å². The molecule has 9 nitrogen and oxygen atoms in total. The van der Waals surface area contributed by atoms with Crippen molar-refractivity contribution in [3.63, 3.8) is 0 Å². The molecule has 0 saturated carbocycles. The van der Waals surface area contributed by atoms with E-state index >= 15 is 0 Å². The molecule has 0 aromatic carbocycles. The highest BCUT2D eigenvalue weighted by Gasteiger charge is 2.61. The minimum absolute atomic E-state index is 0.659. The second-order valence-corrected chi connectivity index (χ2v) is 4.58. The van der Waals surface area contributed by atoms with Crippen molar-refractivity contribution in [3.8, 4) is 0 Å². The van der Waals surface area contributed by atoms with Gasteiger partial charge in [-0.1, -0.05) is 0 Å². The molecule has 0 unspecified atom stereocenters. The van der Waals surface area contributed by atoms with E-state index in [1.807, 2.05) is 0 Å². The van der Waals surface area contributed by atoms with Gasteiger partial charge >= 0.3 is 23.9 Å². The van der Waals surface area contributed by atoms with E-state index in [-0.39, 0.29) is 0 Å². The Kier molecular flexibility index (Phi) is 4.12. The second kappa shape index (κ2) is 5.68. The summed E-state index contributed by atoms with van der Waals surface area (Å²) in [5, 5.41) is 0. The van der Waals surface area contributed by atoms with Gasteiger partial charge in [0.1, 0.15) is 0 Å². The minimum atomic E-state index is -1.29. The molecule has 0 spiro atoms. The van der Waals surface area contributed by atoms with Gasteiger partial charge in [0.05, 0.1) is 0 Å². The molecule has 2 fully saturated rings. The molecule has 9 heteroatoms. The van der Waals surface area contributed by atoms with E-state index in [0.29, 0.717) is 0 Å². The molecule has 0 amide bonds. The number of fused-ring (bicyclic) bond motifs is 1. The van der Waals surface area contributed by atoms with Gasteiger partial charge in [-0.15, -0.1) is 0 Å². The number of hydrogen-bond donors (Lipinski definition) is 0. The topological polar surface area (TPSA) is 114 Å². The Hall–Kier alpha value is -2.16. The van der Waals surface area contributed by atoms with Gasteiger partial charge in [0.2, 0.25) is 18.5 Å². The highest BCUT2D eigenvalue weighted by atomic mass is 16.8. The lowest BCUT2D eigenvalue weighted by molar-refractivity contribution is -0.205. The number of ether oxygens (including phenoxy) is 5. The lowest BCUT2D eigenvalue weighted by Gasteiger charge is -2.20. The summed E-state index contributed by atoms with van der Waals surface area (Å²) in [6, 6.07) is 0. The van der Waals surface area contributed by atoms with Crippen molar-refractivity contribution in [2.45, 2.75) is 51.5 Å². The van der Waals surface area contributed by atoms with Crippen molar-refractivity contribution in [2.75, 3.05) is 0 Å². The predicted octanol–water partition coefficient (Wildman–Crippen LogP) is -0.937. The van der Waals surface area contributed by atoms with Crippen molar-refractivity contribution in [2.24, 2.45) is 0 Å². The lowest BCUT2D eigenvalue weighted by atomic mass is 10.1. The van der Waals surface area contributed by atoms with Gasteiger partial charge in [0.15, 0.2) is 12.2 Å². The van der Waals surface area contributed by atoms with Crippen LogP contribution in [0.1, 0.15) is 20.8 Å². The van der Waals surface area contributed by atoms with E-state index in [1.165, 1.54) is 0 Å². The van der Waals surface area contributed by atoms with Crippen molar-refractivity contribution in [3.05, 3.63) is 0 Å². The molecular formula is C12H14O9. The third-order valence-corrected chi connectivity index (χ3v) is 2.87. The van der Waals surface area contributed by atoms with Crippen LogP contribution in [-0.2, 0) is 42.9 Å². The Labute approximate surface area is 119 Å². The summed E-state index contributed by atoms with van der Waals surface area (Å²) in [7, 11) is 0. The van der Waals surface area contributed by atoms with Crippen molar-refractivity contribution < 1.29 is 42.9 Å². The monoisotopic (exact) mass is 302 g/mol. The SMILES string of the molecule is CC(=O)O[C@H]1O[C@H]2[C@@H](OC(=O)[C@H]2OC(C)=O)[C@H]1OC(C)=O. The molecule has 5 atom stereocenters. The fourth-order valence-electron chi connectivity index (χ4n) is 2.23.